The number of fused-ring (bicyclic) bond motifs is 8. The molecular weight excluding hydrogens is 976 g/mol. The number of benzene rings is 6. The highest BCUT2D eigenvalue weighted by Gasteiger charge is 2.39. The van der Waals surface area contributed by atoms with Crippen molar-refractivity contribution in [2.24, 2.45) is 5.92 Å². The summed E-state index contributed by atoms with van der Waals surface area (Å²) < 4.78 is 17.5. The molecule has 0 spiro atoms. The molecule has 6 heterocycles. The number of phenols is 2. The predicted octanol–water partition coefficient (Wildman–Crippen LogP) is 11.2. The average Bonchev–Trinajstić information content (AvgIpc) is 4.22. The van der Waals surface area contributed by atoms with E-state index in [0.717, 1.165) is 137 Å². The molecule has 0 saturated carbocycles. The molecule has 2 saturated heterocycles. The van der Waals surface area contributed by atoms with Crippen molar-refractivity contribution in [1.82, 2.24) is 19.8 Å². The summed E-state index contributed by atoms with van der Waals surface area (Å²) in [5.74, 6) is 2.14. The van der Waals surface area contributed by atoms with Crippen LogP contribution in [0.4, 0.5) is 11.4 Å². The van der Waals surface area contributed by atoms with Gasteiger partial charge in [0.25, 0.3) is 11.8 Å². The number of nitrogens with one attached hydrogen (secondary N) is 2. The van der Waals surface area contributed by atoms with Crippen molar-refractivity contribution >= 4 is 89.7 Å². The van der Waals surface area contributed by atoms with Gasteiger partial charge in [0.15, 0.2) is 0 Å². The highest BCUT2D eigenvalue weighted by atomic mass is 35.5. The van der Waals surface area contributed by atoms with Crippen molar-refractivity contribution < 1.29 is 34.0 Å². The van der Waals surface area contributed by atoms with E-state index < -0.39 is 0 Å². The third-order valence-corrected chi connectivity index (χ3v) is 16.1. The number of aromatic nitrogens is 2. The van der Waals surface area contributed by atoms with Gasteiger partial charge in [0.2, 0.25) is 0 Å². The Bertz CT molecular complexity index is 3380. The fourth-order valence-corrected chi connectivity index (χ4v) is 11.8. The molecule has 0 bridgehead atoms. The summed E-state index contributed by atoms with van der Waals surface area (Å²) in [5, 5.41) is 26.4. The van der Waals surface area contributed by atoms with Crippen LogP contribution in [-0.2, 0) is 4.74 Å². The lowest BCUT2D eigenvalue weighted by atomic mass is 9.92. The number of carbonyl (C=O) groups is 2. The van der Waals surface area contributed by atoms with E-state index in [2.05, 4.69) is 26.8 Å². The SMILES string of the molecule is C[C@@H](Cl)[C@@H]1CN(C(=O)c2cc3cc(OCC4CCN(C)CC4)ccc3[nH]2)c2cc(O)c3ccccc3c21.C[C@@H](Cl)[C@@H]1CN(C(=O)c2cc3cc(OCCN4CCOCC4)ccc3[nH]2)c2cc(O)c3ccccc3c21. The Hall–Kier alpha value is -6.48. The van der Waals surface area contributed by atoms with Gasteiger partial charge in [0.05, 0.1) is 31.2 Å². The molecule has 0 radical (unpaired) electrons. The summed E-state index contributed by atoms with van der Waals surface area (Å²) in [6, 6.07) is 34.4. The standard InChI is InChI=1S/C30H32ClN3O3.C29H30ClN3O4/c1-18(31)24-16-34(27-15-28(35)22-5-3-4-6-23(22)29(24)27)30(36)26-14-20-13-21(7-8-25(20)32-26)37-17-19-9-11-33(2)12-10-19;1-18(30)23-17-33(26-16-27(34)21-4-2-3-5-22(21)28(23)26)29(35)25-15-19-14-20(6-7-24(19)31-25)37-13-10-32-8-11-36-12-9-32/h3-8,13-15,18-19,24,32,35H,9-12,16-17H2,1-2H3;2-7,14-16,18,23,31,34H,8-13,17H2,1H3/t18-,24+;18-,23+/m11/s1. The molecule has 0 aliphatic carbocycles. The zero-order valence-corrected chi connectivity index (χ0v) is 43.5. The summed E-state index contributed by atoms with van der Waals surface area (Å²) in [7, 11) is 2.16. The van der Waals surface area contributed by atoms with Gasteiger partial charge in [-0.3, -0.25) is 14.5 Å². The van der Waals surface area contributed by atoms with Gasteiger partial charge in [-0.15, -0.1) is 23.2 Å². The second-order valence-electron chi connectivity index (χ2n) is 20.4. The van der Waals surface area contributed by atoms with Gasteiger partial charge in [-0.2, -0.15) is 0 Å². The van der Waals surface area contributed by atoms with Crippen molar-refractivity contribution in [3.05, 3.63) is 132 Å². The molecule has 12 rings (SSSR count). The molecule has 4 N–H and O–H groups in total. The van der Waals surface area contributed by atoms with E-state index in [1.807, 2.05) is 111 Å². The van der Waals surface area contributed by atoms with Crippen LogP contribution in [-0.4, -0.2) is 132 Å². The normalized spacial score (nSPS) is 19.1. The largest absolute Gasteiger partial charge is 0.507 e. The van der Waals surface area contributed by atoms with E-state index in [1.165, 1.54) is 0 Å². The average molecular weight is 1040 g/mol. The fourth-order valence-electron chi connectivity index (χ4n) is 11.3. The number of phenolic OH excluding ortho intramolecular Hbond substituents is 2. The Morgan fingerprint density at radius 3 is 1.61 bits per heavy atom. The van der Waals surface area contributed by atoms with E-state index in [9.17, 15) is 19.8 Å². The number of rotatable bonds is 11. The number of anilines is 2. The molecule has 13 nitrogen and oxygen atoms in total. The number of nitrogens with zero attached hydrogens (tertiary/aromatic N) is 4. The topological polar surface area (TPSA) is 147 Å². The van der Waals surface area contributed by atoms with Gasteiger partial charge in [-0.1, -0.05) is 48.5 Å². The lowest BCUT2D eigenvalue weighted by Crippen LogP contribution is -2.38. The number of halogens is 2. The van der Waals surface area contributed by atoms with Gasteiger partial charge in [0, 0.05) is 100 Å². The van der Waals surface area contributed by atoms with Crippen LogP contribution in [0, 0.1) is 5.92 Å². The van der Waals surface area contributed by atoms with Crippen LogP contribution in [0.1, 0.15) is 70.6 Å². The first kappa shape index (κ1) is 49.7. The number of hydrogen-bond donors (Lipinski definition) is 4. The van der Waals surface area contributed by atoms with Gasteiger partial charge >= 0.3 is 0 Å². The highest BCUT2D eigenvalue weighted by molar-refractivity contribution is 6.22. The maximum Gasteiger partial charge on any atom is 0.274 e. The van der Waals surface area contributed by atoms with Crippen LogP contribution in [0.15, 0.2) is 109 Å². The Kier molecular flexibility index (Phi) is 14.1. The number of alkyl halides is 2. The molecule has 4 aliphatic rings. The molecule has 4 atom stereocenters. The Morgan fingerprint density at radius 1 is 0.649 bits per heavy atom. The summed E-state index contributed by atoms with van der Waals surface area (Å²) in [6.07, 6.45) is 2.32. The van der Waals surface area contributed by atoms with Crippen molar-refractivity contribution in [2.45, 2.75) is 49.3 Å². The summed E-state index contributed by atoms with van der Waals surface area (Å²) in [5.41, 5.74) is 6.21. The molecule has 74 heavy (non-hydrogen) atoms. The minimum atomic E-state index is -0.176. The van der Waals surface area contributed by atoms with Crippen LogP contribution in [0.2, 0.25) is 0 Å². The van der Waals surface area contributed by atoms with E-state index in [1.54, 1.807) is 21.9 Å². The summed E-state index contributed by atoms with van der Waals surface area (Å²) >= 11 is 13.2. The lowest BCUT2D eigenvalue weighted by molar-refractivity contribution is 0.0322. The van der Waals surface area contributed by atoms with E-state index >= 15 is 0 Å². The van der Waals surface area contributed by atoms with Crippen LogP contribution in [0.3, 0.4) is 0 Å². The van der Waals surface area contributed by atoms with Crippen LogP contribution in [0.25, 0.3) is 43.4 Å². The molecule has 0 unspecified atom stereocenters. The first-order valence-corrected chi connectivity index (χ1v) is 26.7. The number of aromatic hydroxyl groups is 2. The Morgan fingerprint density at radius 2 is 1.12 bits per heavy atom. The zero-order valence-electron chi connectivity index (χ0n) is 42.0. The van der Waals surface area contributed by atoms with Gasteiger partial charge < -0.3 is 49.1 Å². The number of carbonyl (C=O) groups excluding carboxylic acids is 2. The molecule has 15 heteroatoms. The highest BCUT2D eigenvalue weighted by Crippen LogP contribution is 2.49. The number of aromatic amines is 2. The number of likely N-dealkylation sites (tertiary alicyclic amines) is 1. The summed E-state index contributed by atoms with van der Waals surface area (Å²) in [6.45, 7) is 12.7. The van der Waals surface area contributed by atoms with E-state index in [-0.39, 0.29) is 45.9 Å². The molecule has 8 aromatic rings. The Labute approximate surface area is 440 Å². The third-order valence-electron chi connectivity index (χ3n) is 15.5. The maximum atomic E-state index is 13.8. The van der Waals surface area contributed by atoms with E-state index in [0.29, 0.717) is 42.7 Å². The monoisotopic (exact) mass is 1040 g/mol. The number of H-pyrrole nitrogens is 2. The molecule has 4 aliphatic heterocycles. The number of amides is 2. The smallest absolute Gasteiger partial charge is 0.274 e. The second kappa shape index (κ2) is 21.0. The molecule has 2 aromatic heterocycles. The van der Waals surface area contributed by atoms with Crippen molar-refractivity contribution in [2.75, 3.05) is 89.1 Å². The van der Waals surface area contributed by atoms with Crippen LogP contribution >= 0.6 is 23.2 Å². The third kappa shape index (κ3) is 9.84. The van der Waals surface area contributed by atoms with Crippen LogP contribution in [0.5, 0.6) is 23.0 Å². The minimum Gasteiger partial charge on any atom is -0.507 e. The minimum absolute atomic E-state index is 0.0323. The zero-order chi connectivity index (χ0) is 51.2. The molecule has 384 valence electrons. The van der Waals surface area contributed by atoms with Gasteiger partial charge in [-0.25, -0.2) is 0 Å². The lowest BCUT2D eigenvalue weighted by Gasteiger charge is -2.28. The van der Waals surface area contributed by atoms with Crippen molar-refractivity contribution in [3.8, 4) is 23.0 Å². The molecule has 6 aromatic carbocycles. The summed E-state index contributed by atoms with van der Waals surface area (Å²) in [4.78, 5) is 42.2. The number of ether oxygens (including phenoxy) is 3. The number of piperidine rings is 1. The maximum absolute atomic E-state index is 13.8. The second-order valence-corrected chi connectivity index (χ2v) is 21.7. The number of hydrogen-bond acceptors (Lipinski definition) is 9. The first-order valence-electron chi connectivity index (χ1n) is 25.8. The van der Waals surface area contributed by atoms with Crippen LogP contribution < -0.4 is 19.3 Å². The quantitative estimate of drug-likeness (QED) is 0.0930. The number of morpholine rings is 1. The van der Waals surface area contributed by atoms with Crippen molar-refractivity contribution in [3.63, 3.8) is 0 Å². The predicted molar refractivity (Wildman–Crippen MR) is 296 cm³/mol. The van der Waals surface area contributed by atoms with E-state index in [4.69, 9.17) is 37.4 Å². The molecular formula is C59H62Cl2N6O7. The first-order chi connectivity index (χ1) is 35.9. The van der Waals surface area contributed by atoms with Gasteiger partial charge in [-0.05, 0) is 123 Å². The van der Waals surface area contributed by atoms with Crippen molar-refractivity contribution in [1.29, 1.82) is 0 Å². The molecule has 2 amide bonds. The van der Waals surface area contributed by atoms with Gasteiger partial charge in [0.1, 0.15) is 41.0 Å². The Balaban J connectivity index is 0.000000159. The molecule has 2 fully saturated rings. The fraction of sp³-hybridized carbons (Fsp3) is 0.356.